The van der Waals surface area contributed by atoms with Gasteiger partial charge in [0.25, 0.3) is 0 Å². The average Bonchev–Trinajstić information content (AvgIpc) is 2.85. The van der Waals surface area contributed by atoms with Gasteiger partial charge in [0.1, 0.15) is 5.82 Å². The van der Waals surface area contributed by atoms with Crippen LogP contribution in [-0.2, 0) is 11.3 Å². The van der Waals surface area contributed by atoms with Gasteiger partial charge in [-0.1, -0.05) is 0 Å². The Hall–Kier alpha value is -2.44. The van der Waals surface area contributed by atoms with Crippen molar-refractivity contribution < 1.29 is 13.6 Å². The maximum absolute atomic E-state index is 12.9. The van der Waals surface area contributed by atoms with Crippen LogP contribution in [-0.4, -0.2) is 34.7 Å². The molecule has 2 rings (SSSR count). The molecule has 0 saturated carbocycles. The summed E-state index contributed by atoms with van der Waals surface area (Å²) in [5.74, 6) is -0.705. The van der Waals surface area contributed by atoms with Crippen LogP contribution < -0.4 is 5.76 Å². The number of carbonyl (C=O) groups excluding carboxylic acids is 1. The van der Waals surface area contributed by atoms with E-state index in [-0.39, 0.29) is 17.6 Å². The number of aryl methyl sites for hydroxylation is 1. The number of hydrogen-bond acceptors (Lipinski definition) is 4. The quantitative estimate of drug-likeness (QED) is 0.764. The molecule has 0 aliphatic heterocycles. The highest BCUT2D eigenvalue weighted by atomic mass is 19.1. The smallest absolute Gasteiger partial charge is 0.388 e. The van der Waals surface area contributed by atoms with E-state index in [9.17, 15) is 14.0 Å². The number of halogens is 1. The molecule has 0 fully saturated rings. The Morgan fingerprint density at radius 1 is 1.27 bits per heavy atom. The fourth-order valence-electron chi connectivity index (χ4n) is 1.92. The Labute approximate surface area is 127 Å². The first kappa shape index (κ1) is 15.9. The molecule has 0 N–H and O–H groups in total. The van der Waals surface area contributed by atoms with Crippen molar-refractivity contribution in [2.75, 3.05) is 14.1 Å². The van der Waals surface area contributed by atoms with Gasteiger partial charge >= 0.3 is 5.76 Å². The second-order valence-corrected chi connectivity index (χ2v) is 5.15. The predicted molar refractivity (Wildman–Crippen MR) is 78.7 cm³/mol. The molecule has 7 heteroatoms. The maximum atomic E-state index is 12.9. The molecule has 1 aromatic heterocycles. The first-order valence-corrected chi connectivity index (χ1v) is 7.01. The standard InChI is InChI=1S/C15H18FN3O3/c1-18(2)13(20)5-3-4-10-19-15(21)22-14(17-19)11-6-8-12(16)9-7-11/h6-9H,3-5,10H2,1-2H3. The Bertz CT molecular complexity index is 689. The van der Waals surface area contributed by atoms with Gasteiger partial charge in [0.15, 0.2) is 0 Å². The van der Waals surface area contributed by atoms with Crippen LogP contribution in [0.15, 0.2) is 33.5 Å². The van der Waals surface area contributed by atoms with E-state index < -0.39 is 5.76 Å². The number of benzene rings is 1. The lowest BCUT2D eigenvalue weighted by atomic mass is 10.2. The Kier molecular flexibility index (Phi) is 5.08. The molecule has 22 heavy (non-hydrogen) atoms. The highest BCUT2D eigenvalue weighted by molar-refractivity contribution is 5.75. The van der Waals surface area contributed by atoms with Gasteiger partial charge in [-0.25, -0.2) is 9.18 Å². The molecule has 0 bridgehead atoms. The summed E-state index contributed by atoms with van der Waals surface area (Å²) in [5, 5.41) is 4.08. The van der Waals surface area contributed by atoms with E-state index >= 15 is 0 Å². The van der Waals surface area contributed by atoms with Crippen LogP contribution in [0.2, 0.25) is 0 Å². The summed E-state index contributed by atoms with van der Waals surface area (Å²) in [7, 11) is 3.42. The van der Waals surface area contributed by atoms with Crippen molar-refractivity contribution in [3.8, 4) is 11.5 Å². The maximum Gasteiger partial charge on any atom is 0.437 e. The lowest BCUT2D eigenvalue weighted by Crippen LogP contribution is -2.21. The van der Waals surface area contributed by atoms with Crippen molar-refractivity contribution >= 4 is 5.91 Å². The highest BCUT2D eigenvalue weighted by Crippen LogP contribution is 2.15. The van der Waals surface area contributed by atoms with E-state index in [1.807, 2.05) is 0 Å². The Balaban J connectivity index is 1.94. The molecule has 0 aliphatic rings. The van der Waals surface area contributed by atoms with Gasteiger partial charge in [-0.2, -0.15) is 4.68 Å². The van der Waals surface area contributed by atoms with Gasteiger partial charge in [-0.3, -0.25) is 4.79 Å². The lowest BCUT2D eigenvalue weighted by molar-refractivity contribution is -0.128. The summed E-state index contributed by atoms with van der Waals surface area (Å²) in [6.45, 7) is 0.379. The monoisotopic (exact) mass is 307 g/mol. The van der Waals surface area contributed by atoms with Crippen LogP contribution in [0.5, 0.6) is 0 Å². The Morgan fingerprint density at radius 2 is 1.95 bits per heavy atom. The van der Waals surface area contributed by atoms with E-state index in [0.717, 1.165) is 0 Å². The topological polar surface area (TPSA) is 68.3 Å². The van der Waals surface area contributed by atoms with Crippen LogP contribution in [0.1, 0.15) is 19.3 Å². The summed E-state index contributed by atoms with van der Waals surface area (Å²) in [6.07, 6.45) is 1.75. The second kappa shape index (κ2) is 7.02. The summed E-state index contributed by atoms with van der Waals surface area (Å²) in [6, 6.07) is 5.56. The van der Waals surface area contributed by atoms with Crippen molar-refractivity contribution in [1.82, 2.24) is 14.7 Å². The number of aromatic nitrogens is 2. The number of rotatable bonds is 6. The SMILES string of the molecule is CN(C)C(=O)CCCCn1nc(-c2ccc(F)cc2)oc1=O. The van der Waals surface area contributed by atoms with Gasteiger partial charge in [0.2, 0.25) is 11.8 Å². The predicted octanol–water partition coefficient (Wildman–Crippen LogP) is 1.90. The Morgan fingerprint density at radius 3 is 2.59 bits per heavy atom. The van der Waals surface area contributed by atoms with Crippen molar-refractivity contribution in [3.05, 3.63) is 40.6 Å². The minimum absolute atomic E-state index is 0.0551. The average molecular weight is 307 g/mol. The zero-order chi connectivity index (χ0) is 16.1. The van der Waals surface area contributed by atoms with Crippen LogP contribution in [0.25, 0.3) is 11.5 Å². The molecule has 0 saturated heterocycles. The van der Waals surface area contributed by atoms with E-state index in [0.29, 0.717) is 31.4 Å². The number of carbonyl (C=O) groups is 1. The normalized spacial score (nSPS) is 10.7. The van der Waals surface area contributed by atoms with Gasteiger partial charge in [-0.15, -0.1) is 5.10 Å². The third-order valence-electron chi connectivity index (χ3n) is 3.21. The summed E-state index contributed by atoms with van der Waals surface area (Å²) >= 11 is 0. The third kappa shape index (κ3) is 4.03. The number of unbranched alkanes of at least 4 members (excludes halogenated alkanes) is 1. The fourth-order valence-corrected chi connectivity index (χ4v) is 1.92. The van der Waals surface area contributed by atoms with Gasteiger partial charge in [0.05, 0.1) is 0 Å². The molecule has 0 unspecified atom stereocenters. The molecule has 0 radical (unpaired) electrons. The third-order valence-corrected chi connectivity index (χ3v) is 3.21. The molecule has 0 atom stereocenters. The van der Waals surface area contributed by atoms with Crippen molar-refractivity contribution in [2.45, 2.75) is 25.8 Å². The van der Waals surface area contributed by atoms with Crippen LogP contribution in [0, 0.1) is 5.82 Å². The molecule has 6 nitrogen and oxygen atoms in total. The molecule has 1 aromatic carbocycles. The molecular weight excluding hydrogens is 289 g/mol. The summed E-state index contributed by atoms with van der Waals surface area (Å²) in [4.78, 5) is 24.7. The van der Waals surface area contributed by atoms with Gasteiger partial charge in [-0.05, 0) is 37.1 Å². The van der Waals surface area contributed by atoms with Crippen molar-refractivity contribution in [3.63, 3.8) is 0 Å². The van der Waals surface area contributed by atoms with Gasteiger partial charge in [0, 0.05) is 32.6 Å². The van der Waals surface area contributed by atoms with E-state index in [4.69, 9.17) is 4.42 Å². The van der Waals surface area contributed by atoms with E-state index in [1.165, 1.54) is 33.8 Å². The van der Waals surface area contributed by atoms with Crippen molar-refractivity contribution in [1.29, 1.82) is 0 Å². The first-order chi connectivity index (χ1) is 10.5. The van der Waals surface area contributed by atoms with Crippen LogP contribution >= 0.6 is 0 Å². The number of hydrogen-bond donors (Lipinski definition) is 0. The highest BCUT2D eigenvalue weighted by Gasteiger charge is 2.10. The molecule has 2 aromatic rings. The largest absolute Gasteiger partial charge is 0.437 e. The van der Waals surface area contributed by atoms with E-state index in [2.05, 4.69) is 5.10 Å². The zero-order valence-corrected chi connectivity index (χ0v) is 12.6. The first-order valence-electron chi connectivity index (χ1n) is 7.01. The van der Waals surface area contributed by atoms with Gasteiger partial charge < -0.3 is 9.32 Å². The summed E-state index contributed by atoms with van der Waals surface area (Å²) in [5.41, 5.74) is 0.542. The van der Waals surface area contributed by atoms with Crippen molar-refractivity contribution in [2.24, 2.45) is 0 Å². The minimum Gasteiger partial charge on any atom is -0.388 e. The minimum atomic E-state index is -0.557. The van der Waals surface area contributed by atoms with Crippen LogP contribution in [0.4, 0.5) is 4.39 Å². The number of nitrogens with zero attached hydrogens (tertiary/aromatic N) is 3. The second-order valence-electron chi connectivity index (χ2n) is 5.15. The van der Waals surface area contributed by atoms with E-state index in [1.54, 1.807) is 14.1 Å². The fraction of sp³-hybridized carbons (Fsp3) is 0.400. The summed E-state index contributed by atoms with van der Waals surface area (Å²) < 4.78 is 19.1. The molecule has 1 amide bonds. The van der Waals surface area contributed by atoms with Crippen LogP contribution in [0.3, 0.4) is 0 Å². The molecule has 0 spiro atoms. The zero-order valence-electron chi connectivity index (χ0n) is 12.6. The molecule has 1 heterocycles. The molecule has 118 valence electrons. The molecular formula is C15H18FN3O3. The molecule has 0 aliphatic carbocycles. The number of amides is 1. The lowest BCUT2D eigenvalue weighted by Gasteiger charge is -2.09.